The molecule has 3 heterocycles. The Hall–Kier alpha value is -4.34. The van der Waals surface area contributed by atoms with E-state index in [1.54, 1.807) is 0 Å². The summed E-state index contributed by atoms with van der Waals surface area (Å²) in [6.45, 7) is 8.06. The van der Waals surface area contributed by atoms with E-state index in [1.807, 2.05) is 85.6 Å². The first-order valence-electron chi connectivity index (χ1n) is 15.9. The number of benzene rings is 4. The number of rotatable bonds is 4. The van der Waals surface area contributed by atoms with Crippen LogP contribution in [-0.2, 0) is 26.5 Å². The van der Waals surface area contributed by atoms with Gasteiger partial charge in [-0.25, -0.2) is 4.98 Å². The Labute approximate surface area is 277 Å². The number of anilines is 3. The minimum atomic E-state index is -2.37. The van der Waals surface area contributed by atoms with E-state index < -0.39 is 6.98 Å². The third-order valence-electron chi connectivity index (χ3n) is 7.85. The third kappa shape index (κ3) is 4.99. The molecule has 1 aliphatic rings. The van der Waals surface area contributed by atoms with Crippen LogP contribution >= 0.6 is 0 Å². The molecule has 222 valence electrons. The number of hydrogen-bond acceptors (Lipinski definition) is 4. The standard InChI is InChI=1S/C38H34N4O.Pt/c1-25(2)37-40(6)33-16-9-10-17-34(33)41(37)27-12-11-13-28(23-27)43-29-18-19-31-30-14-7-8-15-32(30)42(35(31)24-29)36-22-26(20-21-39-36)38(3,4)5;/h7-22H,1-6H3;/q-2;+2/i6D3;. The predicted molar refractivity (Wildman–Crippen MR) is 177 cm³/mol. The maximum absolute atomic E-state index is 8.31. The summed E-state index contributed by atoms with van der Waals surface area (Å²) in [5.41, 5.74) is 5.99. The van der Waals surface area contributed by atoms with Gasteiger partial charge in [-0.1, -0.05) is 62.3 Å². The number of pyridine rings is 1. The fraction of sp³-hybridized carbons (Fsp3) is 0.184. The molecule has 0 aliphatic carbocycles. The van der Waals surface area contributed by atoms with Gasteiger partial charge in [0.2, 0.25) is 0 Å². The molecule has 7 rings (SSSR count). The van der Waals surface area contributed by atoms with Crippen LogP contribution in [-0.4, -0.2) is 16.5 Å². The van der Waals surface area contributed by atoms with Crippen molar-refractivity contribution >= 4 is 38.9 Å². The van der Waals surface area contributed by atoms with Gasteiger partial charge in [-0.15, -0.1) is 35.7 Å². The van der Waals surface area contributed by atoms with E-state index in [1.165, 1.54) is 10.5 Å². The predicted octanol–water partition coefficient (Wildman–Crippen LogP) is 9.71. The first kappa shape index (κ1) is 26.1. The van der Waals surface area contributed by atoms with Crippen molar-refractivity contribution in [1.29, 1.82) is 0 Å². The first-order valence-corrected chi connectivity index (χ1v) is 14.4. The van der Waals surface area contributed by atoms with Crippen LogP contribution in [0.25, 0.3) is 27.6 Å². The summed E-state index contributed by atoms with van der Waals surface area (Å²) in [4.78, 5) is 8.12. The van der Waals surface area contributed by atoms with Gasteiger partial charge in [-0.3, -0.25) is 0 Å². The molecule has 0 atom stereocenters. The molecule has 5 nitrogen and oxygen atoms in total. The normalized spacial score (nSPS) is 14.2. The van der Waals surface area contributed by atoms with Gasteiger partial charge in [-0.2, -0.15) is 12.1 Å². The maximum atomic E-state index is 8.31. The average Bonchev–Trinajstić information content (AvgIpc) is 3.54. The van der Waals surface area contributed by atoms with Crippen LogP contribution in [0.2, 0.25) is 0 Å². The molecule has 44 heavy (non-hydrogen) atoms. The Bertz CT molecular complexity index is 2160. The zero-order valence-electron chi connectivity index (χ0n) is 28.3. The number of aromatic nitrogens is 2. The summed E-state index contributed by atoms with van der Waals surface area (Å²) >= 11 is 0. The molecule has 0 amide bonds. The average molecular weight is 761 g/mol. The van der Waals surface area contributed by atoms with Gasteiger partial charge in [0.25, 0.3) is 0 Å². The van der Waals surface area contributed by atoms with Gasteiger partial charge in [-0.05, 0) is 66.1 Å². The first-order chi connectivity index (χ1) is 21.9. The topological polar surface area (TPSA) is 33.5 Å². The van der Waals surface area contributed by atoms with E-state index in [-0.39, 0.29) is 26.5 Å². The zero-order valence-corrected chi connectivity index (χ0v) is 27.5. The van der Waals surface area contributed by atoms with Gasteiger partial charge >= 0.3 is 21.1 Å². The van der Waals surface area contributed by atoms with E-state index in [4.69, 9.17) is 13.8 Å². The van der Waals surface area contributed by atoms with Crippen molar-refractivity contribution in [2.75, 3.05) is 16.8 Å². The molecule has 0 spiro atoms. The van der Waals surface area contributed by atoms with Crippen LogP contribution in [0.15, 0.2) is 109 Å². The second-order valence-electron chi connectivity index (χ2n) is 12.1. The second-order valence-corrected chi connectivity index (χ2v) is 12.1. The van der Waals surface area contributed by atoms with E-state index >= 15 is 0 Å². The molecule has 0 unspecified atom stereocenters. The van der Waals surface area contributed by atoms with Gasteiger partial charge in [0.1, 0.15) is 11.6 Å². The van der Waals surface area contributed by atoms with Crippen molar-refractivity contribution in [3.8, 4) is 17.3 Å². The van der Waals surface area contributed by atoms with E-state index in [0.717, 1.165) is 38.9 Å². The molecule has 0 saturated heterocycles. The fourth-order valence-electron chi connectivity index (χ4n) is 5.79. The van der Waals surface area contributed by atoms with Crippen LogP contribution in [0.3, 0.4) is 0 Å². The number of allylic oxidation sites excluding steroid dienone is 1. The van der Waals surface area contributed by atoms with Crippen LogP contribution in [0.4, 0.5) is 17.1 Å². The summed E-state index contributed by atoms with van der Waals surface area (Å²) in [5, 5.41) is 2.16. The van der Waals surface area contributed by atoms with E-state index in [0.29, 0.717) is 28.7 Å². The van der Waals surface area contributed by atoms with Gasteiger partial charge in [0, 0.05) is 34.3 Å². The SMILES string of the molecule is [2H]C([2H])([2H])N1C(=C(C)C)N(c2[c-]c(Oc3[c-]c4c(cc3)c3ccccc3n4-c3cc(C(C)(C)C)ccn3)ccc2)c2ccccc21.[Pt+2]. The molecular weight excluding hydrogens is 724 g/mol. The molecule has 0 fully saturated rings. The van der Waals surface area contributed by atoms with Crippen molar-refractivity contribution in [2.45, 2.75) is 40.0 Å². The van der Waals surface area contributed by atoms with E-state index in [9.17, 15) is 0 Å². The Morgan fingerprint density at radius 3 is 2.34 bits per heavy atom. The number of nitrogens with zero attached hydrogens (tertiary/aromatic N) is 4. The summed E-state index contributed by atoms with van der Waals surface area (Å²) in [7, 11) is 0. The van der Waals surface area contributed by atoms with Crippen molar-refractivity contribution < 1.29 is 29.9 Å². The fourth-order valence-corrected chi connectivity index (χ4v) is 5.79. The second kappa shape index (κ2) is 11.3. The molecule has 6 heteroatoms. The third-order valence-corrected chi connectivity index (χ3v) is 7.85. The zero-order chi connectivity index (χ0) is 32.4. The Morgan fingerprint density at radius 1 is 0.818 bits per heavy atom. The molecule has 2 aromatic heterocycles. The summed E-state index contributed by atoms with van der Waals surface area (Å²) in [6.07, 6.45) is 1.86. The summed E-state index contributed by atoms with van der Waals surface area (Å²) in [5.74, 6) is 2.42. The van der Waals surface area contributed by atoms with Crippen LogP contribution < -0.4 is 14.5 Å². The largest absolute Gasteiger partial charge is 2.00 e. The van der Waals surface area contributed by atoms with Crippen molar-refractivity contribution in [3.05, 3.63) is 126 Å². The maximum Gasteiger partial charge on any atom is 2.00 e. The van der Waals surface area contributed by atoms with Crippen LogP contribution in [0, 0.1) is 12.1 Å². The Balaban J connectivity index is 0.00000386. The smallest absolute Gasteiger partial charge is 0.509 e. The number of hydrogen-bond donors (Lipinski definition) is 0. The monoisotopic (exact) mass is 760 g/mol. The van der Waals surface area contributed by atoms with E-state index in [2.05, 4.69) is 67.8 Å². The quantitative estimate of drug-likeness (QED) is 0.168. The molecule has 1 aliphatic heterocycles. The summed E-state index contributed by atoms with van der Waals surface area (Å²) < 4.78 is 33.5. The van der Waals surface area contributed by atoms with Crippen molar-refractivity contribution in [3.63, 3.8) is 0 Å². The molecule has 0 saturated carbocycles. The molecule has 0 radical (unpaired) electrons. The molecule has 0 N–H and O–H groups in total. The minimum Gasteiger partial charge on any atom is -0.509 e. The molecular formula is C38H34N4OPt. The van der Waals surface area contributed by atoms with Gasteiger partial charge in [0.15, 0.2) is 0 Å². The van der Waals surface area contributed by atoms with Crippen LogP contribution in [0.5, 0.6) is 11.5 Å². The number of para-hydroxylation sites is 3. The van der Waals surface area contributed by atoms with Crippen molar-refractivity contribution in [1.82, 2.24) is 9.55 Å². The summed E-state index contributed by atoms with van der Waals surface area (Å²) in [6, 6.07) is 36.6. The number of fused-ring (bicyclic) bond motifs is 4. The van der Waals surface area contributed by atoms with Gasteiger partial charge in [0.05, 0.1) is 11.4 Å². The number of ether oxygens (including phenoxy) is 1. The van der Waals surface area contributed by atoms with Gasteiger partial charge < -0.3 is 19.1 Å². The molecule has 0 bridgehead atoms. The Morgan fingerprint density at radius 2 is 1.57 bits per heavy atom. The Kier molecular flexibility index (Phi) is 6.70. The van der Waals surface area contributed by atoms with Crippen LogP contribution in [0.1, 0.15) is 44.3 Å². The minimum absolute atomic E-state index is 0. The molecule has 6 aromatic rings. The van der Waals surface area contributed by atoms with Crippen molar-refractivity contribution in [2.24, 2.45) is 0 Å². The molecule has 4 aromatic carbocycles.